The molecule has 2 rings (SSSR count). The number of aromatic amines is 1. The molecule has 0 saturated carbocycles. The molecule has 0 amide bonds. The second kappa shape index (κ2) is 3.41. The molecular formula is C9H4F3N3O. The van der Waals surface area contributed by atoms with E-state index in [2.05, 4.69) is 14.7 Å². The molecule has 2 aromatic rings. The standard InChI is InChI=1S/C9H4F3N3O/c10-9(11,12)16-6-1-7-5(2-13)3-14-8(7)15-4-6/h1,3-4H,(H,14,15). The Morgan fingerprint density at radius 1 is 1.44 bits per heavy atom. The third-order valence-corrected chi connectivity index (χ3v) is 1.86. The SMILES string of the molecule is N#Cc1c[nH]c2ncc(OC(F)(F)F)cc12. The highest BCUT2D eigenvalue weighted by atomic mass is 19.4. The van der Waals surface area contributed by atoms with Crippen molar-refractivity contribution < 1.29 is 17.9 Å². The number of hydrogen-bond donors (Lipinski definition) is 1. The van der Waals surface area contributed by atoms with E-state index in [1.807, 2.05) is 6.07 Å². The number of halogens is 3. The maximum atomic E-state index is 11.9. The van der Waals surface area contributed by atoms with E-state index in [0.717, 1.165) is 12.3 Å². The van der Waals surface area contributed by atoms with Gasteiger partial charge in [-0.25, -0.2) is 4.98 Å². The number of aromatic nitrogens is 2. The van der Waals surface area contributed by atoms with Gasteiger partial charge in [0.25, 0.3) is 0 Å². The van der Waals surface area contributed by atoms with Crippen molar-refractivity contribution in [3.63, 3.8) is 0 Å². The molecule has 0 fully saturated rings. The summed E-state index contributed by atoms with van der Waals surface area (Å²) in [5.74, 6) is -0.448. The highest BCUT2D eigenvalue weighted by Crippen LogP contribution is 2.26. The molecule has 82 valence electrons. The van der Waals surface area contributed by atoms with Crippen molar-refractivity contribution in [3.8, 4) is 11.8 Å². The van der Waals surface area contributed by atoms with Crippen LogP contribution in [0.1, 0.15) is 5.56 Å². The third kappa shape index (κ3) is 1.91. The molecule has 0 spiro atoms. The van der Waals surface area contributed by atoms with Crippen LogP contribution in [0, 0.1) is 11.3 Å². The molecule has 7 heteroatoms. The zero-order chi connectivity index (χ0) is 11.8. The van der Waals surface area contributed by atoms with Crippen molar-refractivity contribution in [2.75, 3.05) is 0 Å². The summed E-state index contributed by atoms with van der Waals surface area (Å²) in [7, 11) is 0. The molecule has 2 heterocycles. The molecule has 0 aliphatic heterocycles. The fourth-order valence-corrected chi connectivity index (χ4v) is 1.27. The first-order valence-electron chi connectivity index (χ1n) is 4.12. The van der Waals surface area contributed by atoms with Crippen LogP contribution in [0.25, 0.3) is 11.0 Å². The van der Waals surface area contributed by atoms with E-state index in [0.29, 0.717) is 11.0 Å². The van der Waals surface area contributed by atoms with Gasteiger partial charge in [0.15, 0.2) is 0 Å². The number of pyridine rings is 1. The predicted octanol–water partition coefficient (Wildman–Crippen LogP) is 2.33. The van der Waals surface area contributed by atoms with Gasteiger partial charge in [0, 0.05) is 11.6 Å². The van der Waals surface area contributed by atoms with Crippen LogP contribution in [0.5, 0.6) is 5.75 Å². The summed E-state index contributed by atoms with van der Waals surface area (Å²) in [5.41, 5.74) is 0.557. The van der Waals surface area contributed by atoms with Crippen molar-refractivity contribution in [3.05, 3.63) is 24.0 Å². The first kappa shape index (κ1) is 10.3. The maximum Gasteiger partial charge on any atom is 0.573 e. The zero-order valence-corrected chi connectivity index (χ0v) is 7.67. The molecular weight excluding hydrogens is 223 g/mol. The second-order valence-corrected chi connectivity index (χ2v) is 2.93. The van der Waals surface area contributed by atoms with Gasteiger partial charge in [-0.2, -0.15) is 5.26 Å². The van der Waals surface area contributed by atoms with Gasteiger partial charge >= 0.3 is 6.36 Å². The molecule has 0 radical (unpaired) electrons. The van der Waals surface area contributed by atoms with E-state index < -0.39 is 12.1 Å². The number of ether oxygens (including phenoxy) is 1. The molecule has 2 aromatic heterocycles. The van der Waals surface area contributed by atoms with Crippen LogP contribution >= 0.6 is 0 Å². The van der Waals surface area contributed by atoms with E-state index in [4.69, 9.17) is 5.26 Å². The molecule has 4 nitrogen and oxygen atoms in total. The summed E-state index contributed by atoms with van der Waals surface area (Å²) in [6.45, 7) is 0. The lowest BCUT2D eigenvalue weighted by molar-refractivity contribution is -0.274. The van der Waals surface area contributed by atoms with Crippen molar-refractivity contribution in [2.45, 2.75) is 6.36 Å². The van der Waals surface area contributed by atoms with Crippen molar-refractivity contribution in [2.24, 2.45) is 0 Å². The molecule has 0 aromatic carbocycles. The maximum absolute atomic E-state index is 11.9. The Kier molecular flexibility index (Phi) is 2.20. The minimum atomic E-state index is -4.77. The summed E-state index contributed by atoms with van der Waals surface area (Å²) in [5, 5.41) is 8.98. The largest absolute Gasteiger partial charge is 0.573 e. The number of H-pyrrole nitrogens is 1. The average Bonchev–Trinajstić information content (AvgIpc) is 2.57. The lowest BCUT2D eigenvalue weighted by Crippen LogP contribution is -2.17. The molecule has 0 bridgehead atoms. The lowest BCUT2D eigenvalue weighted by atomic mass is 10.2. The summed E-state index contributed by atoms with van der Waals surface area (Å²) >= 11 is 0. The number of alkyl halides is 3. The Hall–Kier alpha value is -2.23. The van der Waals surface area contributed by atoms with Crippen LogP contribution in [0.4, 0.5) is 13.2 Å². The first-order chi connectivity index (χ1) is 7.49. The fraction of sp³-hybridized carbons (Fsp3) is 0.111. The Morgan fingerprint density at radius 3 is 2.81 bits per heavy atom. The second-order valence-electron chi connectivity index (χ2n) is 2.93. The fourth-order valence-electron chi connectivity index (χ4n) is 1.27. The van der Waals surface area contributed by atoms with Crippen LogP contribution < -0.4 is 4.74 Å². The van der Waals surface area contributed by atoms with Gasteiger partial charge < -0.3 is 9.72 Å². The van der Waals surface area contributed by atoms with Crippen molar-refractivity contribution in [1.29, 1.82) is 5.26 Å². The number of nitrogens with one attached hydrogen (secondary N) is 1. The van der Waals surface area contributed by atoms with Crippen LogP contribution in [0.15, 0.2) is 18.5 Å². The summed E-state index contributed by atoms with van der Waals surface area (Å²) in [4.78, 5) is 6.36. The normalized spacial score (nSPS) is 11.4. The third-order valence-electron chi connectivity index (χ3n) is 1.86. The number of nitrogens with zero attached hydrogens (tertiary/aromatic N) is 2. The van der Waals surface area contributed by atoms with Gasteiger partial charge in [-0.1, -0.05) is 0 Å². The molecule has 0 atom stereocenters. The van der Waals surface area contributed by atoms with Gasteiger partial charge in [-0.15, -0.1) is 13.2 Å². The minimum absolute atomic E-state index is 0.218. The Bertz CT molecular complexity index is 567. The number of fused-ring (bicyclic) bond motifs is 1. The van der Waals surface area contributed by atoms with Gasteiger partial charge in [0.1, 0.15) is 17.5 Å². The lowest BCUT2D eigenvalue weighted by Gasteiger charge is -2.07. The van der Waals surface area contributed by atoms with Crippen molar-refractivity contribution >= 4 is 11.0 Å². The number of hydrogen-bond acceptors (Lipinski definition) is 3. The smallest absolute Gasteiger partial charge is 0.404 e. The highest BCUT2D eigenvalue weighted by Gasteiger charge is 2.31. The summed E-state index contributed by atoms with van der Waals surface area (Å²) < 4.78 is 39.5. The van der Waals surface area contributed by atoms with Gasteiger partial charge in [-0.3, -0.25) is 0 Å². The monoisotopic (exact) mass is 227 g/mol. The topological polar surface area (TPSA) is 61.7 Å². The van der Waals surface area contributed by atoms with Crippen LogP contribution in [0.2, 0.25) is 0 Å². The van der Waals surface area contributed by atoms with Gasteiger partial charge in [0.2, 0.25) is 0 Å². The van der Waals surface area contributed by atoms with Crippen LogP contribution in [-0.4, -0.2) is 16.3 Å². The molecule has 0 aliphatic rings. The molecule has 0 saturated heterocycles. The first-order valence-corrected chi connectivity index (χ1v) is 4.12. The Labute approximate surface area is 87.3 Å². The van der Waals surface area contributed by atoms with Gasteiger partial charge in [-0.05, 0) is 6.07 Å². The Balaban J connectivity index is 2.47. The van der Waals surface area contributed by atoms with E-state index in [-0.39, 0.29) is 5.56 Å². The van der Waals surface area contributed by atoms with E-state index in [1.165, 1.54) is 6.20 Å². The molecule has 0 aliphatic carbocycles. The predicted molar refractivity (Wildman–Crippen MR) is 47.5 cm³/mol. The van der Waals surface area contributed by atoms with Gasteiger partial charge in [0.05, 0.1) is 11.8 Å². The van der Waals surface area contributed by atoms with E-state index in [9.17, 15) is 13.2 Å². The quantitative estimate of drug-likeness (QED) is 0.813. The molecule has 0 unspecified atom stereocenters. The average molecular weight is 227 g/mol. The van der Waals surface area contributed by atoms with Crippen LogP contribution in [-0.2, 0) is 0 Å². The minimum Gasteiger partial charge on any atom is -0.404 e. The van der Waals surface area contributed by atoms with Crippen LogP contribution in [0.3, 0.4) is 0 Å². The number of rotatable bonds is 1. The summed E-state index contributed by atoms with van der Waals surface area (Å²) in [6, 6.07) is 2.95. The highest BCUT2D eigenvalue weighted by molar-refractivity contribution is 5.83. The summed E-state index contributed by atoms with van der Waals surface area (Å²) in [6.07, 6.45) is -2.46. The molecule has 1 N–H and O–H groups in total. The number of nitriles is 1. The molecule has 16 heavy (non-hydrogen) atoms. The van der Waals surface area contributed by atoms with Crippen molar-refractivity contribution in [1.82, 2.24) is 9.97 Å². The zero-order valence-electron chi connectivity index (χ0n) is 7.67. The van der Waals surface area contributed by atoms with E-state index >= 15 is 0 Å². The Morgan fingerprint density at radius 2 is 2.19 bits per heavy atom. The van der Waals surface area contributed by atoms with E-state index in [1.54, 1.807) is 0 Å².